The number of allylic oxidation sites excluding steroid dienone is 8. The lowest BCUT2D eigenvalue weighted by Gasteiger charge is -2.21. The first kappa shape index (κ1) is 91.0. The number of hydrogen-bond acceptors (Lipinski definition) is 15. The van der Waals surface area contributed by atoms with Crippen molar-refractivity contribution in [1.82, 2.24) is 0 Å². The fraction of sp³-hybridized carbons (Fsp3) is 0.840. The molecular formula is C75H138O17P2. The van der Waals surface area contributed by atoms with Crippen LogP contribution in [0.5, 0.6) is 0 Å². The second-order valence-electron chi connectivity index (χ2n) is 26.1. The molecule has 0 spiro atoms. The third-order valence-electron chi connectivity index (χ3n) is 16.3. The summed E-state index contributed by atoms with van der Waals surface area (Å²) in [4.78, 5) is 72.7. The van der Waals surface area contributed by atoms with Gasteiger partial charge in [0.25, 0.3) is 0 Å². The van der Waals surface area contributed by atoms with Gasteiger partial charge in [-0.1, -0.05) is 289 Å². The van der Waals surface area contributed by atoms with E-state index >= 15 is 0 Å². The van der Waals surface area contributed by atoms with Crippen LogP contribution in [0.2, 0.25) is 0 Å². The number of phosphoric ester groups is 2. The SMILES string of the molecule is CCCCCC/C=C\C=C/CCCCCCCC(=O)OC[C@H](COP(=O)(O)OC[C@@H](O)COP(=O)(O)OC[C@@H](COC(=O)CCCCCCCCCC(C)C)OC(=O)CCCCCCCCCCCCCCCC)OC(=O)CCCCCCC/C=C\C=C/CCCCCC. The lowest BCUT2D eigenvalue weighted by atomic mass is 10.0. The van der Waals surface area contributed by atoms with Crippen LogP contribution in [-0.2, 0) is 65.4 Å². The standard InChI is InChI=1S/C75H138O17P2/c1-6-9-12-15-18-21-24-27-30-33-35-38-43-48-53-58-72(77)85-64-70(91-74(79)61-56-51-45-40-37-34-31-28-25-22-19-16-13-10-7-2)66-89-93(81,82)87-62-69(76)63-88-94(83,84)90-67-71(65-86-73(78)59-54-49-46-41-42-47-52-57-68(4)5)92-75(80)60-55-50-44-39-36-32-29-26-23-20-17-14-11-8-3/h21-22,24-25,27-28,30-31,68-71,76H,6-20,23,26,29,32-67H2,1-5H3,(H,81,82)(H,83,84)/b24-21-,25-22-,30-27-,31-28-/t69-,70-,71-/m1/s1. The van der Waals surface area contributed by atoms with E-state index in [-0.39, 0.29) is 25.7 Å². The van der Waals surface area contributed by atoms with Crippen LogP contribution in [0.1, 0.15) is 343 Å². The first-order chi connectivity index (χ1) is 45.5. The molecule has 0 rings (SSSR count). The van der Waals surface area contributed by atoms with E-state index in [2.05, 4.69) is 83.2 Å². The summed E-state index contributed by atoms with van der Waals surface area (Å²) in [5.74, 6) is -1.48. The number of hydrogen-bond donors (Lipinski definition) is 3. The number of rotatable bonds is 71. The molecule has 0 heterocycles. The Bertz CT molecular complexity index is 1990. The minimum absolute atomic E-state index is 0.0782. The molecule has 94 heavy (non-hydrogen) atoms. The van der Waals surface area contributed by atoms with Crippen molar-refractivity contribution in [2.75, 3.05) is 39.6 Å². The zero-order chi connectivity index (χ0) is 69.1. The lowest BCUT2D eigenvalue weighted by Crippen LogP contribution is -2.30. The molecule has 0 aliphatic carbocycles. The fourth-order valence-electron chi connectivity index (χ4n) is 10.4. The van der Waals surface area contributed by atoms with Crippen molar-refractivity contribution in [3.8, 4) is 0 Å². The maximum absolute atomic E-state index is 13.1. The highest BCUT2D eigenvalue weighted by Gasteiger charge is 2.30. The molecule has 0 saturated carbocycles. The molecule has 0 fully saturated rings. The van der Waals surface area contributed by atoms with Crippen LogP contribution in [0.4, 0.5) is 0 Å². The van der Waals surface area contributed by atoms with Gasteiger partial charge in [-0.25, -0.2) is 9.13 Å². The summed E-state index contributed by atoms with van der Waals surface area (Å²) in [5.41, 5.74) is 0. The van der Waals surface area contributed by atoms with Crippen LogP contribution in [0.15, 0.2) is 48.6 Å². The molecule has 550 valence electrons. The summed E-state index contributed by atoms with van der Waals surface area (Å²) >= 11 is 0. The maximum Gasteiger partial charge on any atom is 0.472 e. The van der Waals surface area contributed by atoms with E-state index in [1.54, 1.807) is 0 Å². The molecule has 0 saturated heterocycles. The quantitative estimate of drug-likeness (QED) is 0.0169. The van der Waals surface area contributed by atoms with E-state index in [4.69, 9.17) is 37.0 Å². The van der Waals surface area contributed by atoms with E-state index in [1.165, 1.54) is 128 Å². The minimum atomic E-state index is -4.97. The number of aliphatic hydroxyl groups is 1. The number of unbranched alkanes of at least 4 members (excludes halogenated alkanes) is 37. The molecule has 0 aromatic rings. The van der Waals surface area contributed by atoms with E-state index in [0.717, 1.165) is 128 Å². The molecule has 0 bridgehead atoms. The highest BCUT2D eigenvalue weighted by atomic mass is 31.2. The molecule has 0 aliphatic heterocycles. The van der Waals surface area contributed by atoms with Crippen molar-refractivity contribution in [1.29, 1.82) is 0 Å². The Morgan fingerprint density at radius 2 is 0.574 bits per heavy atom. The fourth-order valence-corrected chi connectivity index (χ4v) is 12.0. The number of carbonyl (C=O) groups excluding carboxylic acids is 4. The number of ether oxygens (including phenoxy) is 4. The average Bonchev–Trinajstić information content (AvgIpc) is 1.89. The largest absolute Gasteiger partial charge is 0.472 e. The van der Waals surface area contributed by atoms with Gasteiger partial charge in [0.05, 0.1) is 26.4 Å². The molecule has 0 radical (unpaired) electrons. The summed E-state index contributed by atoms with van der Waals surface area (Å²) in [6.45, 7) is 7.09. The van der Waals surface area contributed by atoms with Crippen LogP contribution in [0.3, 0.4) is 0 Å². The smallest absolute Gasteiger partial charge is 0.462 e. The van der Waals surface area contributed by atoms with Crippen LogP contribution < -0.4 is 0 Å². The van der Waals surface area contributed by atoms with Gasteiger partial charge in [0.15, 0.2) is 12.2 Å². The number of aliphatic hydroxyl groups excluding tert-OH is 1. The molecule has 17 nitrogen and oxygen atoms in total. The van der Waals surface area contributed by atoms with E-state index < -0.39 is 97.5 Å². The Labute approximate surface area is 572 Å². The first-order valence-electron chi connectivity index (χ1n) is 37.8. The van der Waals surface area contributed by atoms with Gasteiger partial charge < -0.3 is 33.8 Å². The van der Waals surface area contributed by atoms with E-state index in [9.17, 15) is 43.2 Å². The van der Waals surface area contributed by atoms with Crippen molar-refractivity contribution < 1.29 is 80.2 Å². The van der Waals surface area contributed by atoms with Crippen molar-refractivity contribution in [3.05, 3.63) is 48.6 Å². The third kappa shape index (κ3) is 67.6. The second kappa shape index (κ2) is 67.2. The molecule has 0 aromatic heterocycles. The summed E-state index contributed by atoms with van der Waals surface area (Å²) in [5, 5.41) is 10.6. The predicted molar refractivity (Wildman–Crippen MR) is 381 cm³/mol. The second-order valence-corrected chi connectivity index (χ2v) is 29.0. The molecule has 5 atom stereocenters. The Morgan fingerprint density at radius 3 is 0.872 bits per heavy atom. The molecule has 0 aromatic carbocycles. The van der Waals surface area contributed by atoms with Crippen LogP contribution >= 0.6 is 15.6 Å². The number of esters is 4. The number of phosphoric acid groups is 2. The molecule has 19 heteroatoms. The minimum Gasteiger partial charge on any atom is -0.462 e. The topological polar surface area (TPSA) is 237 Å². The Hall–Kier alpha value is -2.98. The van der Waals surface area contributed by atoms with Gasteiger partial charge in [0.1, 0.15) is 19.3 Å². The third-order valence-corrected chi connectivity index (χ3v) is 18.2. The predicted octanol–water partition coefficient (Wildman–Crippen LogP) is 21.2. The Morgan fingerprint density at radius 1 is 0.330 bits per heavy atom. The number of carbonyl (C=O) groups is 4. The summed E-state index contributed by atoms with van der Waals surface area (Å²) in [7, 11) is -9.93. The van der Waals surface area contributed by atoms with Crippen LogP contribution in [0.25, 0.3) is 0 Å². The molecule has 0 aliphatic rings. The highest BCUT2D eigenvalue weighted by molar-refractivity contribution is 7.47. The summed E-state index contributed by atoms with van der Waals surface area (Å²) < 4.78 is 68.4. The van der Waals surface area contributed by atoms with Crippen molar-refractivity contribution in [2.45, 2.75) is 361 Å². The van der Waals surface area contributed by atoms with Gasteiger partial charge >= 0.3 is 39.5 Å². The molecule has 0 amide bonds. The summed E-state index contributed by atoms with van der Waals surface area (Å²) in [6, 6.07) is 0. The summed E-state index contributed by atoms with van der Waals surface area (Å²) in [6.07, 6.45) is 61.3. The van der Waals surface area contributed by atoms with E-state index in [1.807, 2.05) is 0 Å². The molecule has 2 unspecified atom stereocenters. The van der Waals surface area contributed by atoms with Gasteiger partial charge in [-0.2, -0.15) is 0 Å². The maximum atomic E-state index is 13.1. The van der Waals surface area contributed by atoms with Crippen molar-refractivity contribution in [2.24, 2.45) is 5.92 Å². The monoisotopic (exact) mass is 1370 g/mol. The van der Waals surface area contributed by atoms with Gasteiger partial charge in [-0.05, 0) is 83.0 Å². The normalized spacial score (nSPS) is 14.3. The van der Waals surface area contributed by atoms with Crippen molar-refractivity contribution in [3.63, 3.8) is 0 Å². The van der Waals surface area contributed by atoms with E-state index in [0.29, 0.717) is 31.6 Å². The zero-order valence-corrected chi connectivity index (χ0v) is 61.9. The lowest BCUT2D eigenvalue weighted by molar-refractivity contribution is -0.161. The van der Waals surface area contributed by atoms with Gasteiger partial charge in [-0.3, -0.25) is 37.3 Å². The Balaban J connectivity index is 5.32. The van der Waals surface area contributed by atoms with Gasteiger partial charge in [0, 0.05) is 25.7 Å². The zero-order valence-electron chi connectivity index (χ0n) is 60.1. The van der Waals surface area contributed by atoms with Gasteiger partial charge in [-0.15, -0.1) is 0 Å². The molecular weight excluding hydrogens is 1230 g/mol. The van der Waals surface area contributed by atoms with Crippen LogP contribution in [-0.4, -0.2) is 96.7 Å². The Kier molecular flexibility index (Phi) is 65.1. The first-order valence-corrected chi connectivity index (χ1v) is 40.8. The van der Waals surface area contributed by atoms with Crippen molar-refractivity contribution >= 4 is 39.5 Å². The average molecular weight is 1370 g/mol. The molecule has 3 N–H and O–H groups in total. The van der Waals surface area contributed by atoms with Crippen LogP contribution in [0, 0.1) is 5.92 Å². The van der Waals surface area contributed by atoms with Gasteiger partial charge in [0.2, 0.25) is 0 Å². The highest BCUT2D eigenvalue weighted by Crippen LogP contribution is 2.45.